The molecule has 2 N–H and O–H groups in total. The standard InChI is InChI=1S/C18H29BrN4O2S/c1-4-20-18(21-13-15-6-7-16(19)12-14(15)3)22-17-8-10-23(11-9-17)26(24,25)5-2/h6-7,12,17H,4-5,8-11,13H2,1-3H3,(H2,20,21,22). The molecule has 0 bridgehead atoms. The van der Waals surface area contributed by atoms with E-state index in [4.69, 9.17) is 4.99 Å². The lowest BCUT2D eigenvalue weighted by Gasteiger charge is -2.32. The van der Waals surface area contributed by atoms with Gasteiger partial charge in [0, 0.05) is 30.1 Å². The number of hydrogen-bond acceptors (Lipinski definition) is 3. The highest BCUT2D eigenvalue weighted by Crippen LogP contribution is 2.17. The molecular weight excluding hydrogens is 416 g/mol. The Morgan fingerprint density at radius 2 is 2.00 bits per heavy atom. The molecule has 1 aliphatic heterocycles. The van der Waals surface area contributed by atoms with E-state index in [1.807, 2.05) is 13.0 Å². The third-order valence-electron chi connectivity index (χ3n) is 4.61. The number of nitrogens with one attached hydrogen (secondary N) is 2. The van der Waals surface area contributed by atoms with Crippen LogP contribution in [0.25, 0.3) is 0 Å². The summed E-state index contributed by atoms with van der Waals surface area (Å²) in [6.45, 7) is 8.35. The molecule has 2 rings (SSSR count). The lowest BCUT2D eigenvalue weighted by molar-refractivity contribution is 0.306. The van der Waals surface area contributed by atoms with Gasteiger partial charge in [-0.1, -0.05) is 22.0 Å². The van der Waals surface area contributed by atoms with E-state index in [1.54, 1.807) is 11.2 Å². The number of sulfonamides is 1. The van der Waals surface area contributed by atoms with Crippen LogP contribution < -0.4 is 10.6 Å². The molecule has 26 heavy (non-hydrogen) atoms. The Labute approximate surface area is 165 Å². The number of nitrogens with zero attached hydrogens (tertiary/aromatic N) is 2. The van der Waals surface area contributed by atoms with Gasteiger partial charge in [-0.05, 0) is 56.9 Å². The Bertz CT molecular complexity index is 729. The maximum absolute atomic E-state index is 12.0. The van der Waals surface area contributed by atoms with Crippen molar-refractivity contribution in [3.63, 3.8) is 0 Å². The second-order valence-corrected chi connectivity index (χ2v) is 9.66. The zero-order chi connectivity index (χ0) is 19.2. The van der Waals surface area contributed by atoms with Gasteiger partial charge < -0.3 is 10.6 Å². The van der Waals surface area contributed by atoms with Crippen LogP contribution in [0.3, 0.4) is 0 Å². The first-order valence-electron chi connectivity index (χ1n) is 9.13. The maximum atomic E-state index is 12.0. The zero-order valence-corrected chi connectivity index (χ0v) is 18.2. The summed E-state index contributed by atoms with van der Waals surface area (Å²) < 4.78 is 26.6. The smallest absolute Gasteiger partial charge is 0.213 e. The molecule has 0 aliphatic carbocycles. The van der Waals surface area contributed by atoms with Gasteiger partial charge in [-0.2, -0.15) is 0 Å². The van der Waals surface area contributed by atoms with Crippen molar-refractivity contribution in [3.05, 3.63) is 33.8 Å². The molecule has 1 heterocycles. The first kappa shape index (κ1) is 21.2. The predicted molar refractivity (Wildman–Crippen MR) is 111 cm³/mol. The fourth-order valence-corrected chi connectivity index (χ4v) is 4.58. The fourth-order valence-electron chi connectivity index (χ4n) is 2.98. The molecule has 0 unspecified atom stereocenters. The molecule has 1 saturated heterocycles. The Kier molecular flexibility index (Phi) is 7.91. The van der Waals surface area contributed by atoms with Crippen LogP contribution in [0.2, 0.25) is 0 Å². The lowest BCUT2D eigenvalue weighted by Crippen LogP contribution is -2.50. The van der Waals surface area contributed by atoms with Crippen molar-refractivity contribution in [2.24, 2.45) is 4.99 Å². The minimum atomic E-state index is -3.08. The van der Waals surface area contributed by atoms with Crippen molar-refractivity contribution in [1.82, 2.24) is 14.9 Å². The van der Waals surface area contributed by atoms with Crippen molar-refractivity contribution in [1.29, 1.82) is 0 Å². The van der Waals surface area contributed by atoms with Crippen LogP contribution in [-0.2, 0) is 16.6 Å². The van der Waals surface area contributed by atoms with Crippen LogP contribution >= 0.6 is 15.9 Å². The molecule has 146 valence electrons. The quantitative estimate of drug-likeness (QED) is 0.522. The maximum Gasteiger partial charge on any atom is 0.213 e. The van der Waals surface area contributed by atoms with Gasteiger partial charge in [-0.25, -0.2) is 17.7 Å². The summed E-state index contributed by atoms with van der Waals surface area (Å²) in [5, 5.41) is 6.74. The molecule has 0 radical (unpaired) electrons. The van der Waals surface area contributed by atoms with Crippen LogP contribution in [0.15, 0.2) is 27.7 Å². The van der Waals surface area contributed by atoms with Gasteiger partial charge in [0.15, 0.2) is 5.96 Å². The van der Waals surface area contributed by atoms with Gasteiger partial charge in [0.25, 0.3) is 0 Å². The number of guanidine groups is 1. The lowest BCUT2D eigenvalue weighted by atomic mass is 10.1. The fraction of sp³-hybridized carbons (Fsp3) is 0.611. The summed E-state index contributed by atoms with van der Waals surface area (Å²) >= 11 is 3.48. The van der Waals surface area contributed by atoms with Crippen molar-refractivity contribution in [2.45, 2.75) is 46.2 Å². The van der Waals surface area contributed by atoms with Crippen LogP contribution in [-0.4, -0.2) is 50.1 Å². The molecule has 0 amide bonds. The minimum Gasteiger partial charge on any atom is -0.357 e. The van der Waals surface area contributed by atoms with E-state index in [2.05, 4.69) is 45.6 Å². The van der Waals surface area contributed by atoms with Crippen LogP contribution in [0, 0.1) is 6.92 Å². The zero-order valence-electron chi connectivity index (χ0n) is 15.8. The van der Waals surface area contributed by atoms with Gasteiger partial charge in [0.1, 0.15) is 0 Å². The molecule has 0 saturated carbocycles. The third kappa shape index (κ3) is 5.96. The second kappa shape index (κ2) is 9.71. The molecule has 1 aliphatic rings. The van der Waals surface area contributed by atoms with Crippen LogP contribution in [0.5, 0.6) is 0 Å². The number of rotatable bonds is 6. The number of halogens is 1. The SMILES string of the molecule is CCNC(=NCc1ccc(Br)cc1C)NC1CCN(S(=O)(=O)CC)CC1. The number of piperidine rings is 1. The van der Waals surface area contributed by atoms with E-state index in [0.29, 0.717) is 19.6 Å². The van der Waals surface area contributed by atoms with Crippen molar-refractivity contribution >= 4 is 31.9 Å². The van der Waals surface area contributed by atoms with Crippen molar-refractivity contribution in [2.75, 3.05) is 25.4 Å². The summed E-state index contributed by atoms with van der Waals surface area (Å²) in [7, 11) is -3.08. The molecule has 1 aromatic carbocycles. The third-order valence-corrected chi connectivity index (χ3v) is 6.98. The summed E-state index contributed by atoms with van der Waals surface area (Å²) in [4.78, 5) is 4.70. The first-order valence-corrected chi connectivity index (χ1v) is 11.5. The summed E-state index contributed by atoms with van der Waals surface area (Å²) in [6, 6.07) is 6.44. The monoisotopic (exact) mass is 444 g/mol. The summed E-state index contributed by atoms with van der Waals surface area (Å²) in [5.74, 6) is 0.952. The highest BCUT2D eigenvalue weighted by molar-refractivity contribution is 9.10. The molecule has 0 atom stereocenters. The molecule has 1 aromatic rings. The van der Waals surface area contributed by atoms with E-state index in [0.717, 1.165) is 29.8 Å². The summed E-state index contributed by atoms with van der Waals surface area (Å²) in [5.41, 5.74) is 2.39. The number of aryl methyl sites for hydroxylation is 1. The molecular formula is C18H29BrN4O2S. The van der Waals surface area contributed by atoms with E-state index < -0.39 is 10.0 Å². The number of benzene rings is 1. The van der Waals surface area contributed by atoms with E-state index in [-0.39, 0.29) is 11.8 Å². The van der Waals surface area contributed by atoms with E-state index in [9.17, 15) is 8.42 Å². The van der Waals surface area contributed by atoms with Gasteiger partial charge in [-0.3, -0.25) is 0 Å². The first-order chi connectivity index (χ1) is 12.4. The largest absolute Gasteiger partial charge is 0.357 e. The van der Waals surface area contributed by atoms with E-state index >= 15 is 0 Å². The average molecular weight is 445 g/mol. The topological polar surface area (TPSA) is 73.8 Å². The number of aliphatic imine (C=N–C) groups is 1. The van der Waals surface area contributed by atoms with Gasteiger partial charge >= 0.3 is 0 Å². The molecule has 8 heteroatoms. The Morgan fingerprint density at radius 1 is 1.31 bits per heavy atom. The normalized spacial score (nSPS) is 17.3. The number of hydrogen-bond donors (Lipinski definition) is 2. The Hall–Kier alpha value is -1.12. The second-order valence-electron chi connectivity index (χ2n) is 6.48. The molecule has 0 spiro atoms. The Morgan fingerprint density at radius 3 is 2.58 bits per heavy atom. The summed E-state index contributed by atoms with van der Waals surface area (Å²) in [6.07, 6.45) is 1.59. The predicted octanol–water partition coefficient (Wildman–Crippen LogP) is 2.63. The van der Waals surface area contributed by atoms with Crippen molar-refractivity contribution < 1.29 is 8.42 Å². The molecule has 1 fully saturated rings. The van der Waals surface area contributed by atoms with Crippen molar-refractivity contribution in [3.8, 4) is 0 Å². The highest BCUT2D eigenvalue weighted by Gasteiger charge is 2.26. The van der Waals surface area contributed by atoms with E-state index in [1.165, 1.54) is 11.1 Å². The van der Waals surface area contributed by atoms with Crippen LogP contribution in [0.4, 0.5) is 0 Å². The van der Waals surface area contributed by atoms with Gasteiger partial charge in [-0.15, -0.1) is 0 Å². The van der Waals surface area contributed by atoms with Crippen LogP contribution in [0.1, 0.15) is 37.8 Å². The highest BCUT2D eigenvalue weighted by atomic mass is 79.9. The van der Waals surface area contributed by atoms with Gasteiger partial charge in [0.2, 0.25) is 10.0 Å². The molecule has 6 nitrogen and oxygen atoms in total. The average Bonchev–Trinajstić information content (AvgIpc) is 2.61. The minimum absolute atomic E-state index is 0.168. The van der Waals surface area contributed by atoms with Gasteiger partial charge in [0.05, 0.1) is 12.3 Å². The Balaban J connectivity index is 1.96. The molecule has 0 aromatic heterocycles.